The van der Waals surface area contributed by atoms with Gasteiger partial charge in [0.25, 0.3) is 5.91 Å². The highest BCUT2D eigenvalue weighted by atomic mass is 35.5. The quantitative estimate of drug-likeness (QED) is 0.444. The van der Waals surface area contributed by atoms with Crippen molar-refractivity contribution in [2.45, 2.75) is 27.3 Å². The summed E-state index contributed by atoms with van der Waals surface area (Å²) in [6.45, 7) is 5.90. The predicted molar refractivity (Wildman–Crippen MR) is 98.9 cm³/mol. The van der Waals surface area contributed by atoms with Crippen molar-refractivity contribution in [2.75, 3.05) is 0 Å². The molecule has 1 N–H and O–H groups in total. The largest absolute Gasteiger partial charge is 0.271 e. The van der Waals surface area contributed by atoms with Gasteiger partial charge in [0.1, 0.15) is 11.7 Å². The van der Waals surface area contributed by atoms with Crippen LogP contribution in [-0.4, -0.2) is 26.9 Å². The lowest BCUT2D eigenvalue weighted by atomic mass is 10.1. The standard InChI is InChI=1S/C18H18ClN5O/c1-11-4-5-14-8-15(18(19)21-16(14)6-11)9-20-22-17(25)10-24-13(3)7-12(2)23-24/h4-9H,10H2,1-3H3,(H,22,25)/b20-9-. The fourth-order valence-electron chi connectivity index (χ4n) is 2.54. The Morgan fingerprint density at radius 3 is 2.80 bits per heavy atom. The minimum Gasteiger partial charge on any atom is -0.271 e. The Bertz CT molecular complexity index is 977. The maximum absolute atomic E-state index is 12.0. The van der Waals surface area contributed by atoms with E-state index in [0.29, 0.717) is 10.7 Å². The third-order valence-corrected chi connectivity index (χ3v) is 4.05. The van der Waals surface area contributed by atoms with Crippen LogP contribution in [0.1, 0.15) is 22.5 Å². The summed E-state index contributed by atoms with van der Waals surface area (Å²) < 4.78 is 1.63. The van der Waals surface area contributed by atoms with E-state index in [1.165, 1.54) is 6.21 Å². The molecule has 0 aliphatic carbocycles. The van der Waals surface area contributed by atoms with Gasteiger partial charge in [-0.25, -0.2) is 10.4 Å². The summed E-state index contributed by atoms with van der Waals surface area (Å²) in [5, 5.41) is 9.52. The van der Waals surface area contributed by atoms with Gasteiger partial charge in [-0.15, -0.1) is 0 Å². The van der Waals surface area contributed by atoms with Crippen molar-refractivity contribution in [2.24, 2.45) is 5.10 Å². The average molecular weight is 356 g/mol. The molecule has 2 heterocycles. The van der Waals surface area contributed by atoms with Gasteiger partial charge in [0.05, 0.1) is 17.4 Å². The minimum atomic E-state index is -0.261. The van der Waals surface area contributed by atoms with Crippen molar-refractivity contribution < 1.29 is 4.79 Å². The molecule has 0 spiro atoms. The fourth-order valence-corrected chi connectivity index (χ4v) is 2.74. The molecular weight excluding hydrogens is 338 g/mol. The van der Waals surface area contributed by atoms with E-state index in [2.05, 4.69) is 20.6 Å². The van der Waals surface area contributed by atoms with Crippen molar-refractivity contribution in [3.63, 3.8) is 0 Å². The maximum Gasteiger partial charge on any atom is 0.261 e. The van der Waals surface area contributed by atoms with E-state index in [0.717, 1.165) is 27.9 Å². The monoisotopic (exact) mass is 355 g/mol. The summed E-state index contributed by atoms with van der Waals surface area (Å²) in [4.78, 5) is 16.3. The van der Waals surface area contributed by atoms with Crippen molar-refractivity contribution in [1.82, 2.24) is 20.2 Å². The van der Waals surface area contributed by atoms with E-state index < -0.39 is 0 Å². The van der Waals surface area contributed by atoms with Gasteiger partial charge >= 0.3 is 0 Å². The van der Waals surface area contributed by atoms with Gasteiger partial charge in [-0.1, -0.05) is 23.7 Å². The molecule has 0 radical (unpaired) electrons. The van der Waals surface area contributed by atoms with Gasteiger partial charge in [0, 0.05) is 16.6 Å². The van der Waals surface area contributed by atoms with Crippen LogP contribution in [0, 0.1) is 20.8 Å². The number of halogens is 1. The number of hydrogen-bond acceptors (Lipinski definition) is 4. The number of pyridine rings is 1. The molecule has 3 aromatic rings. The van der Waals surface area contributed by atoms with Crippen LogP contribution in [0.15, 0.2) is 35.4 Å². The summed E-state index contributed by atoms with van der Waals surface area (Å²) in [5.74, 6) is -0.261. The first-order valence-electron chi connectivity index (χ1n) is 7.82. The van der Waals surface area contributed by atoms with Crippen molar-refractivity contribution in [3.05, 3.63) is 58.0 Å². The van der Waals surface area contributed by atoms with Crippen LogP contribution in [0.4, 0.5) is 0 Å². The summed E-state index contributed by atoms with van der Waals surface area (Å²) in [7, 11) is 0. The first-order valence-corrected chi connectivity index (χ1v) is 8.20. The number of aromatic nitrogens is 3. The van der Waals surface area contributed by atoms with Gasteiger partial charge in [-0.3, -0.25) is 9.48 Å². The number of hydrogen-bond donors (Lipinski definition) is 1. The highest BCUT2D eigenvalue weighted by molar-refractivity contribution is 6.32. The highest BCUT2D eigenvalue weighted by Gasteiger charge is 2.07. The van der Waals surface area contributed by atoms with Gasteiger partial charge < -0.3 is 0 Å². The lowest BCUT2D eigenvalue weighted by molar-refractivity contribution is -0.121. The number of carbonyl (C=O) groups is 1. The number of nitrogens with one attached hydrogen (secondary N) is 1. The molecule has 0 saturated carbocycles. The predicted octanol–water partition coefficient (Wildman–Crippen LogP) is 3.16. The second-order valence-corrected chi connectivity index (χ2v) is 6.30. The number of carbonyl (C=O) groups excluding carboxylic acids is 1. The van der Waals surface area contributed by atoms with E-state index in [4.69, 9.17) is 11.6 Å². The first kappa shape index (κ1) is 17.1. The summed E-state index contributed by atoms with van der Waals surface area (Å²) in [5.41, 5.74) is 6.87. The Kier molecular flexibility index (Phi) is 4.81. The van der Waals surface area contributed by atoms with Crippen molar-refractivity contribution >= 4 is 34.6 Å². The van der Waals surface area contributed by atoms with E-state index >= 15 is 0 Å². The van der Waals surface area contributed by atoms with Crippen LogP contribution in [0.3, 0.4) is 0 Å². The smallest absolute Gasteiger partial charge is 0.261 e. The van der Waals surface area contributed by atoms with Crippen LogP contribution in [0.2, 0.25) is 5.15 Å². The number of hydrazone groups is 1. The molecule has 0 unspecified atom stereocenters. The molecule has 128 valence electrons. The summed E-state index contributed by atoms with van der Waals surface area (Å²) in [6.07, 6.45) is 1.49. The molecule has 2 aromatic heterocycles. The molecule has 1 aromatic carbocycles. The molecule has 25 heavy (non-hydrogen) atoms. The number of amides is 1. The molecule has 7 heteroatoms. The maximum atomic E-state index is 12.0. The number of fused-ring (bicyclic) bond motifs is 1. The van der Waals surface area contributed by atoms with Gasteiger partial charge in [-0.2, -0.15) is 10.2 Å². The Morgan fingerprint density at radius 1 is 1.28 bits per heavy atom. The number of benzene rings is 1. The second kappa shape index (κ2) is 7.03. The molecule has 0 aliphatic rings. The normalized spacial score (nSPS) is 11.4. The zero-order valence-electron chi connectivity index (χ0n) is 14.2. The van der Waals surface area contributed by atoms with Gasteiger partial charge in [0.2, 0.25) is 0 Å². The topological polar surface area (TPSA) is 72.2 Å². The lowest BCUT2D eigenvalue weighted by Crippen LogP contribution is -2.24. The molecular formula is C18H18ClN5O. The number of aryl methyl sites for hydroxylation is 3. The molecule has 0 atom stereocenters. The van der Waals surface area contributed by atoms with E-state index in [9.17, 15) is 4.79 Å². The summed E-state index contributed by atoms with van der Waals surface area (Å²) in [6, 6.07) is 9.76. The van der Waals surface area contributed by atoms with Crippen molar-refractivity contribution in [3.8, 4) is 0 Å². The van der Waals surface area contributed by atoms with E-state index in [1.54, 1.807) is 4.68 Å². The SMILES string of the molecule is Cc1ccc2cc(/C=N\NC(=O)Cn3nc(C)cc3C)c(Cl)nc2c1. The van der Waals surface area contributed by atoms with E-state index in [1.807, 2.05) is 51.1 Å². The first-order chi connectivity index (χ1) is 11.9. The molecule has 0 aliphatic heterocycles. The van der Waals surface area contributed by atoms with Crippen LogP contribution in [-0.2, 0) is 11.3 Å². The molecule has 1 amide bonds. The molecule has 0 fully saturated rings. The van der Waals surface area contributed by atoms with Crippen LogP contribution in [0.25, 0.3) is 10.9 Å². The lowest BCUT2D eigenvalue weighted by Gasteiger charge is -2.04. The van der Waals surface area contributed by atoms with Gasteiger partial charge in [0.15, 0.2) is 0 Å². The van der Waals surface area contributed by atoms with Gasteiger partial charge in [-0.05, 0) is 44.5 Å². The summed E-state index contributed by atoms with van der Waals surface area (Å²) >= 11 is 6.20. The number of nitrogens with zero attached hydrogens (tertiary/aromatic N) is 4. The Morgan fingerprint density at radius 2 is 2.08 bits per heavy atom. The van der Waals surface area contributed by atoms with Crippen LogP contribution >= 0.6 is 11.6 Å². The fraction of sp³-hybridized carbons (Fsp3) is 0.222. The van der Waals surface area contributed by atoms with Crippen LogP contribution in [0.5, 0.6) is 0 Å². The zero-order chi connectivity index (χ0) is 18.0. The molecule has 0 saturated heterocycles. The minimum absolute atomic E-state index is 0.111. The third kappa shape index (κ3) is 4.03. The highest BCUT2D eigenvalue weighted by Crippen LogP contribution is 2.20. The molecule has 6 nitrogen and oxygen atoms in total. The van der Waals surface area contributed by atoms with E-state index in [-0.39, 0.29) is 12.5 Å². The van der Waals surface area contributed by atoms with Crippen LogP contribution < -0.4 is 5.43 Å². The average Bonchev–Trinajstić information content (AvgIpc) is 2.85. The zero-order valence-corrected chi connectivity index (χ0v) is 15.0. The Hall–Kier alpha value is -2.73. The third-order valence-electron chi connectivity index (χ3n) is 3.74. The van der Waals surface area contributed by atoms with Crippen molar-refractivity contribution in [1.29, 1.82) is 0 Å². The number of rotatable bonds is 4. The molecule has 3 rings (SSSR count). The Balaban J connectivity index is 1.70. The molecule has 0 bridgehead atoms. The Labute approximate surface area is 150 Å². The second-order valence-electron chi connectivity index (χ2n) is 5.94.